The van der Waals surface area contributed by atoms with E-state index >= 15 is 0 Å². The largest absolute Gasteiger partial charge is 0.449 e. The summed E-state index contributed by atoms with van der Waals surface area (Å²) >= 11 is 0. The van der Waals surface area contributed by atoms with Gasteiger partial charge >= 0.3 is 0 Å². The third-order valence-electron chi connectivity index (χ3n) is 1.78. The number of nitriles is 1. The summed E-state index contributed by atoms with van der Waals surface area (Å²) in [6.45, 7) is 3.86. The Balaban J connectivity index is 2.25. The van der Waals surface area contributed by atoms with Gasteiger partial charge in [-0.1, -0.05) is 13.3 Å². The number of rotatable bonds is 5. The lowest BCUT2D eigenvalue weighted by Crippen LogP contribution is -2.13. The van der Waals surface area contributed by atoms with Crippen molar-refractivity contribution in [2.24, 2.45) is 0 Å². The van der Waals surface area contributed by atoms with Gasteiger partial charge in [0.15, 0.2) is 0 Å². The zero-order valence-corrected chi connectivity index (χ0v) is 7.84. The van der Waals surface area contributed by atoms with Gasteiger partial charge in [0.25, 0.3) is 0 Å². The van der Waals surface area contributed by atoms with Crippen molar-refractivity contribution in [3.63, 3.8) is 0 Å². The molecule has 0 radical (unpaired) electrons. The summed E-state index contributed by atoms with van der Waals surface area (Å²) in [6.07, 6.45) is 2.36. The Morgan fingerprint density at radius 1 is 1.54 bits per heavy atom. The highest BCUT2D eigenvalue weighted by atomic mass is 16.3. The van der Waals surface area contributed by atoms with Crippen LogP contribution in [0.5, 0.6) is 0 Å². The molecule has 13 heavy (non-hydrogen) atoms. The summed E-state index contributed by atoms with van der Waals surface area (Å²) in [7, 11) is 0. The molecule has 0 saturated carbocycles. The van der Waals surface area contributed by atoms with E-state index in [1.807, 2.05) is 12.1 Å². The molecule has 0 bridgehead atoms. The topological polar surface area (TPSA) is 49.0 Å². The molecular formula is C10H14N2O. The Hall–Kier alpha value is -1.27. The van der Waals surface area contributed by atoms with Gasteiger partial charge in [-0.05, 0) is 25.1 Å². The molecule has 3 nitrogen and oxygen atoms in total. The standard InChI is InChI=1S/C10H14N2O/c1-2-3-6-12-8-10-5-4-9(7-11)13-10/h4-5,12H,2-3,6,8H2,1H3. The molecule has 0 aromatic carbocycles. The maximum atomic E-state index is 8.50. The summed E-state index contributed by atoms with van der Waals surface area (Å²) in [5, 5.41) is 11.7. The van der Waals surface area contributed by atoms with Crippen LogP contribution in [0.2, 0.25) is 0 Å². The van der Waals surface area contributed by atoms with Crippen molar-refractivity contribution in [2.45, 2.75) is 26.3 Å². The van der Waals surface area contributed by atoms with E-state index in [-0.39, 0.29) is 0 Å². The van der Waals surface area contributed by atoms with Crippen molar-refractivity contribution in [1.29, 1.82) is 5.26 Å². The predicted octanol–water partition coefficient (Wildman–Crippen LogP) is 2.04. The number of nitrogens with one attached hydrogen (secondary N) is 1. The fourth-order valence-corrected chi connectivity index (χ4v) is 1.05. The maximum Gasteiger partial charge on any atom is 0.203 e. The van der Waals surface area contributed by atoms with Crippen LogP contribution in [0, 0.1) is 11.3 Å². The van der Waals surface area contributed by atoms with Crippen molar-refractivity contribution >= 4 is 0 Å². The Morgan fingerprint density at radius 2 is 2.38 bits per heavy atom. The summed E-state index contributed by atoms with van der Waals surface area (Å²) in [5.41, 5.74) is 0. The third-order valence-corrected chi connectivity index (χ3v) is 1.78. The predicted molar refractivity (Wildman–Crippen MR) is 50.0 cm³/mol. The van der Waals surface area contributed by atoms with E-state index in [1.165, 1.54) is 12.8 Å². The molecule has 0 aliphatic heterocycles. The van der Waals surface area contributed by atoms with Gasteiger partial charge < -0.3 is 9.73 Å². The maximum absolute atomic E-state index is 8.50. The lowest BCUT2D eigenvalue weighted by molar-refractivity contribution is 0.472. The van der Waals surface area contributed by atoms with Gasteiger partial charge in [-0.2, -0.15) is 5.26 Å². The fourth-order valence-electron chi connectivity index (χ4n) is 1.05. The molecule has 1 rings (SSSR count). The van der Waals surface area contributed by atoms with Crippen LogP contribution in [0.4, 0.5) is 0 Å². The molecule has 1 heterocycles. The molecule has 0 unspecified atom stereocenters. The average molecular weight is 178 g/mol. The number of hydrogen-bond acceptors (Lipinski definition) is 3. The van der Waals surface area contributed by atoms with E-state index < -0.39 is 0 Å². The van der Waals surface area contributed by atoms with Crippen LogP contribution >= 0.6 is 0 Å². The van der Waals surface area contributed by atoms with Crippen molar-refractivity contribution in [3.05, 3.63) is 23.7 Å². The van der Waals surface area contributed by atoms with Gasteiger partial charge in [-0.25, -0.2) is 0 Å². The van der Waals surface area contributed by atoms with Crippen LogP contribution in [0.1, 0.15) is 31.3 Å². The van der Waals surface area contributed by atoms with E-state index in [0.29, 0.717) is 12.3 Å². The molecule has 3 heteroatoms. The number of unbranched alkanes of at least 4 members (excludes halogenated alkanes) is 1. The summed E-state index contributed by atoms with van der Waals surface area (Å²) < 4.78 is 5.19. The highest BCUT2D eigenvalue weighted by molar-refractivity contribution is 5.18. The summed E-state index contributed by atoms with van der Waals surface area (Å²) in [6, 6.07) is 5.48. The highest BCUT2D eigenvalue weighted by Gasteiger charge is 1.99. The van der Waals surface area contributed by atoms with Gasteiger partial charge in [0.1, 0.15) is 11.8 Å². The monoisotopic (exact) mass is 178 g/mol. The molecular weight excluding hydrogens is 164 g/mol. The quantitative estimate of drug-likeness (QED) is 0.702. The number of hydrogen-bond donors (Lipinski definition) is 1. The van der Waals surface area contributed by atoms with E-state index in [4.69, 9.17) is 9.68 Å². The second-order valence-electron chi connectivity index (χ2n) is 2.91. The fraction of sp³-hybridized carbons (Fsp3) is 0.500. The van der Waals surface area contributed by atoms with Crippen LogP contribution in [-0.4, -0.2) is 6.54 Å². The number of nitrogens with zero attached hydrogens (tertiary/aromatic N) is 1. The average Bonchev–Trinajstić information content (AvgIpc) is 2.60. The second-order valence-corrected chi connectivity index (χ2v) is 2.91. The van der Waals surface area contributed by atoms with E-state index in [9.17, 15) is 0 Å². The summed E-state index contributed by atoms with van der Waals surface area (Å²) in [4.78, 5) is 0. The smallest absolute Gasteiger partial charge is 0.203 e. The molecule has 1 N–H and O–H groups in total. The van der Waals surface area contributed by atoms with Crippen molar-refractivity contribution in [1.82, 2.24) is 5.32 Å². The van der Waals surface area contributed by atoms with Crippen LogP contribution in [-0.2, 0) is 6.54 Å². The van der Waals surface area contributed by atoms with Crippen molar-refractivity contribution < 1.29 is 4.42 Å². The molecule has 0 aliphatic rings. The van der Waals surface area contributed by atoms with E-state index in [2.05, 4.69) is 12.2 Å². The number of furan rings is 1. The lowest BCUT2D eigenvalue weighted by Gasteiger charge is -1.99. The molecule has 1 aromatic heterocycles. The minimum Gasteiger partial charge on any atom is -0.449 e. The molecule has 0 fully saturated rings. The Kier molecular flexibility index (Phi) is 4.07. The SMILES string of the molecule is CCCCNCc1ccc(C#N)o1. The van der Waals surface area contributed by atoms with Crippen molar-refractivity contribution in [3.8, 4) is 6.07 Å². The lowest BCUT2D eigenvalue weighted by atomic mass is 10.3. The molecule has 0 aliphatic carbocycles. The van der Waals surface area contributed by atoms with Gasteiger partial charge in [0.2, 0.25) is 5.76 Å². The normalized spacial score (nSPS) is 9.85. The van der Waals surface area contributed by atoms with E-state index in [0.717, 1.165) is 12.3 Å². The van der Waals surface area contributed by atoms with Gasteiger partial charge in [0.05, 0.1) is 6.54 Å². The molecule has 0 saturated heterocycles. The van der Waals surface area contributed by atoms with Gasteiger partial charge in [0, 0.05) is 0 Å². The zero-order chi connectivity index (χ0) is 9.52. The third kappa shape index (κ3) is 3.30. The first-order valence-electron chi connectivity index (χ1n) is 4.56. The van der Waals surface area contributed by atoms with Crippen LogP contribution in [0.25, 0.3) is 0 Å². The molecule has 0 atom stereocenters. The zero-order valence-electron chi connectivity index (χ0n) is 7.84. The molecule has 0 spiro atoms. The first-order chi connectivity index (χ1) is 6.36. The first-order valence-corrected chi connectivity index (χ1v) is 4.56. The van der Waals surface area contributed by atoms with Gasteiger partial charge in [-0.3, -0.25) is 0 Å². The van der Waals surface area contributed by atoms with Crippen molar-refractivity contribution in [2.75, 3.05) is 6.54 Å². The molecule has 70 valence electrons. The highest BCUT2D eigenvalue weighted by Crippen LogP contribution is 2.05. The van der Waals surface area contributed by atoms with Crippen LogP contribution in [0.15, 0.2) is 16.5 Å². The summed E-state index contributed by atoms with van der Waals surface area (Å²) in [5.74, 6) is 1.21. The molecule has 1 aromatic rings. The first kappa shape index (κ1) is 9.82. The van der Waals surface area contributed by atoms with E-state index in [1.54, 1.807) is 6.07 Å². The molecule has 0 amide bonds. The van der Waals surface area contributed by atoms with Crippen LogP contribution < -0.4 is 5.32 Å². The Morgan fingerprint density at radius 3 is 3.00 bits per heavy atom. The second kappa shape index (κ2) is 5.39. The Labute approximate surface area is 78.4 Å². The Bertz CT molecular complexity index is 285. The minimum absolute atomic E-state index is 0.382. The van der Waals surface area contributed by atoms with Crippen LogP contribution in [0.3, 0.4) is 0 Å². The van der Waals surface area contributed by atoms with Gasteiger partial charge in [-0.15, -0.1) is 0 Å². The minimum atomic E-state index is 0.382.